The van der Waals surface area contributed by atoms with Gasteiger partial charge >= 0.3 is 0 Å². The SMILES string of the molecule is Cc1ccc(C(=O)N(C)C2CCOC2)cc1C#CCN. The summed E-state index contributed by atoms with van der Waals surface area (Å²) in [7, 11) is 1.83. The standard InChI is InChI=1S/C16H20N2O2/c1-12-5-6-14(10-13(12)4-3-8-17)16(19)18(2)15-7-9-20-11-15/h5-6,10,15H,7-9,11,17H2,1-2H3. The lowest BCUT2D eigenvalue weighted by atomic mass is 10.0. The van der Waals surface area contributed by atoms with Crippen LogP contribution in [-0.4, -0.2) is 43.7 Å². The van der Waals surface area contributed by atoms with Gasteiger partial charge in [-0.1, -0.05) is 17.9 Å². The zero-order valence-electron chi connectivity index (χ0n) is 12.0. The molecule has 0 aromatic heterocycles. The number of likely N-dealkylation sites (N-methyl/N-ethyl adjacent to an activating group) is 1. The number of nitrogens with zero attached hydrogens (tertiary/aromatic N) is 1. The molecule has 1 atom stereocenters. The molecule has 0 spiro atoms. The summed E-state index contributed by atoms with van der Waals surface area (Å²) in [4.78, 5) is 14.2. The average Bonchev–Trinajstić information content (AvgIpc) is 2.99. The van der Waals surface area contributed by atoms with Crippen LogP contribution in [0.1, 0.15) is 27.9 Å². The maximum Gasteiger partial charge on any atom is 0.253 e. The predicted octanol–water partition coefficient (Wildman–Crippen LogP) is 1.17. The van der Waals surface area contributed by atoms with E-state index in [2.05, 4.69) is 11.8 Å². The summed E-state index contributed by atoms with van der Waals surface area (Å²) in [6.07, 6.45) is 0.897. The highest BCUT2D eigenvalue weighted by molar-refractivity contribution is 5.94. The Kier molecular flexibility index (Phi) is 4.78. The molecule has 1 aromatic rings. The number of benzene rings is 1. The minimum absolute atomic E-state index is 0.0105. The lowest BCUT2D eigenvalue weighted by molar-refractivity contribution is 0.0711. The summed E-state index contributed by atoms with van der Waals surface area (Å²) in [6, 6.07) is 5.78. The van der Waals surface area contributed by atoms with Gasteiger partial charge in [-0.2, -0.15) is 0 Å². The number of ether oxygens (including phenoxy) is 1. The second-order valence-corrected chi connectivity index (χ2v) is 4.97. The van der Waals surface area contributed by atoms with Gasteiger partial charge in [0.25, 0.3) is 5.91 Å². The van der Waals surface area contributed by atoms with Crippen LogP contribution in [0, 0.1) is 18.8 Å². The minimum atomic E-state index is 0.0105. The molecule has 1 aliphatic heterocycles. The quantitative estimate of drug-likeness (QED) is 0.822. The third-order valence-electron chi connectivity index (χ3n) is 3.58. The monoisotopic (exact) mass is 272 g/mol. The highest BCUT2D eigenvalue weighted by Gasteiger charge is 2.25. The van der Waals surface area contributed by atoms with Gasteiger partial charge in [-0.05, 0) is 31.0 Å². The number of carbonyl (C=O) groups is 1. The van der Waals surface area contributed by atoms with Crippen molar-refractivity contribution in [3.8, 4) is 11.8 Å². The molecule has 20 heavy (non-hydrogen) atoms. The Bertz CT molecular complexity index is 551. The molecule has 1 aliphatic rings. The summed E-state index contributed by atoms with van der Waals surface area (Å²) in [5, 5.41) is 0. The predicted molar refractivity (Wildman–Crippen MR) is 78.4 cm³/mol. The van der Waals surface area contributed by atoms with Gasteiger partial charge in [0.2, 0.25) is 0 Å². The van der Waals surface area contributed by atoms with Gasteiger partial charge in [0.15, 0.2) is 0 Å². The number of carbonyl (C=O) groups excluding carboxylic acids is 1. The minimum Gasteiger partial charge on any atom is -0.379 e. The zero-order valence-corrected chi connectivity index (χ0v) is 12.0. The Morgan fingerprint density at radius 3 is 3.00 bits per heavy atom. The first-order valence-corrected chi connectivity index (χ1v) is 6.78. The molecule has 0 aliphatic carbocycles. The molecule has 4 nitrogen and oxygen atoms in total. The third-order valence-corrected chi connectivity index (χ3v) is 3.58. The molecule has 106 valence electrons. The fraction of sp³-hybridized carbons (Fsp3) is 0.438. The largest absolute Gasteiger partial charge is 0.379 e. The molecule has 1 heterocycles. The lowest BCUT2D eigenvalue weighted by Gasteiger charge is -2.23. The second-order valence-electron chi connectivity index (χ2n) is 4.97. The summed E-state index contributed by atoms with van der Waals surface area (Å²) < 4.78 is 5.33. The topological polar surface area (TPSA) is 55.6 Å². The molecule has 4 heteroatoms. The van der Waals surface area contributed by atoms with Gasteiger partial charge < -0.3 is 15.4 Å². The molecule has 2 N–H and O–H groups in total. The highest BCUT2D eigenvalue weighted by atomic mass is 16.5. The molecule has 1 aromatic carbocycles. The van der Waals surface area contributed by atoms with Crippen molar-refractivity contribution in [2.45, 2.75) is 19.4 Å². The van der Waals surface area contributed by atoms with E-state index in [0.717, 1.165) is 24.2 Å². The van der Waals surface area contributed by atoms with Crippen LogP contribution in [0.5, 0.6) is 0 Å². The van der Waals surface area contributed by atoms with Crippen molar-refractivity contribution in [3.63, 3.8) is 0 Å². The van der Waals surface area contributed by atoms with E-state index in [1.807, 2.05) is 32.2 Å². The zero-order chi connectivity index (χ0) is 14.5. The number of rotatable bonds is 2. The van der Waals surface area contributed by atoms with Crippen LogP contribution in [0.3, 0.4) is 0 Å². The third kappa shape index (κ3) is 3.19. The summed E-state index contributed by atoms with van der Waals surface area (Å²) >= 11 is 0. The molecule has 1 fully saturated rings. The van der Waals surface area contributed by atoms with E-state index in [1.165, 1.54) is 0 Å². The van der Waals surface area contributed by atoms with Gasteiger partial charge in [0.05, 0.1) is 19.2 Å². The molecular formula is C16H20N2O2. The van der Waals surface area contributed by atoms with Gasteiger partial charge in [0, 0.05) is 24.8 Å². The normalized spacial score (nSPS) is 17.4. The first-order chi connectivity index (χ1) is 9.63. The molecule has 1 saturated heterocycles. The Balaban J connectivity index is 2.21. The highest BCUT2D eigenvalue weighted by Crippen LogP contribution is 2.16. The van der Waals surface area contributed by atoms with Gasteiger partial charge in [-0.25, -0.2) is 0 Å². The summed E-state index contributed by atoms with van der Waals surface area (Å²) in [5.41, 5.74) is 7.96. The molecular weight excluding hydrogens is 252 g/mol. The van der Waals surface area contributed by atoms with E-state index >= 15 is 0 Å². The number of hydrogen-bond acceptors (Lipinski definition) is 3. The maximum absolute atomic E-state index is 12.5. The molecule has 0 saturated carbocycles. The van der Waals surface area contributed by atoms with Crippen LogP contribution in [0.25, 0.3) is 0 Å². The Morgan fingerprint density at radius 2 is 2.35 bits per heavy atom. The molecule has 1 unspecified atom stereocenters. The first kappa shape index (κ1) is 14.6. The van der Waals surface area contributed by atoms with Crippen LogP contribution in [-0.2, 0) is 4.74 Å². The van der Waals surface area contributed by atoms with Crippen molar-refractivity contribution in [2.24, 2.45) is 5.73 Å². The number of hydrogen-bond donors (Lipinski definition) is 1. The maximum atomic E-state index is 12.5. The van der Waals surface area contributed by atoms with Crippen LogP contribution in [0.2, 0.25) is 0 Å². The Labute approximate surface area is 119 Å². The van der Waals surface area contributed by atoms with E-state index in [-0.39, 0.29) is 11.9 Å². The van der Waals surface area contributed by atoms with Gasteiger partial charge in [-0.3, -0.25) is 4.79 Å². The summed E-state index contributed by atoms with van der Waals surface area (Å²) in [5.74, 6) is 5.85. The first-order valence-electron chi connectivity index (χ1n) is 6.78. The number of aryl methyl sites for hydroxylation is 1. The van der Waals surface area contributed by atoms with Crippen molar-refractivity contribution >= 4 is 5.91 Å². The molecule has 0 radical (unpaired) electrons. The van der Waals surface area contributed by atoms with Crippen molar-refractivity contribution in [3.05, 3.63) is 34.9 Å². The van der Waals surface area contributed by atoms with Crippen LogP contribution in [0.15, 0.2) is 18.2 Å². The van der Waals surface area contributed by atoms with Crippen molar-refractivity contribution < 1.29 is 9.53 Å². The van der Waals surface area contributed by atoms with E-state index in [4.69, 9.17) is 10.5 Å². The van der Waals surface area contributed by atoms with Crippen LogP contribution in [0.4, 0.5) is 0 Å². The second kappa shape index (κ2) is 6.56. The van der Waals surface area contributed by atoms with E-state index in [9.17, 15) is 4.79 Å². The fourth-order valence-corrected chi connectivity index (χ4v) is 2.23. The summed E-state index contributed by atoms with van der Waals surface area (Å²) in [6.45, 7) is 3.64. The molecule has 1 amide bonds. The average molecular weight is 272 g/mol. The fourth-order valence-electron chi connectivity index (χ4n) is 2.23. The Hall–Kier alpha value is -1.83. The number of amides is 1. The van der Waals surface area contributed by atoms with Crippen LogP contribution < -0.4 is 5.73 Å². The van der Waals surface area contributed by atoms with E-state index in [0.29, 0.717) is 18.7 Å². The van der Waals surface area contributed by atoms with Crippen molar-refractivity contribution in [1.82, 2.24) is 4.90 Å². The molecule has 2 rings (SSSR count). The Morgan fingerprint density at radius 1 is 1.55 bits per heavy atom. The number of nitrogens with two attached hydrogens (primary N) is 1. The van der Waals surface area contributed by atoms with Crippen molar-refractivity contribution in [1.29, 1.82) is 0 Å². The van der Waals surface area contributed by atoms with Gasteiger partial charge in [0.1, 0.15) is 0 Å². The van der Waals surface area contributed by atoms with E-state index in [1.54, 1.807) is 4.90 Å². The van der Waals surface area contributed by atoms with Crippen LogP contribution >= 0.6 is 0 Å². The van der Waals surface area contributed by atoms with E-state index < -0.39 is 0 Å². The lowest BCUT2D eigenvalue weighted by Crippen LogP contribution is -2.37. The van der Waals surface area contributed by atoms with Gasteiger partial charge in [-0.15, -0.1) is 0 Å². The molecule has 0 bridgehead atoms. The smallest absolute Gasteiger partial charge is 0.253 e. The van der Waals surface area contributed by atoms with Crippen molar-refractivity contribution in [2.75, 3.05) is 26.8 Å².